The molecule has 246 valence electrons. The molecule has 5 heteroatoms. The molecule has 0 saturated heterocycles. The SMILES string of the molecule is c1ccc(-n2c3ccccc3c3cc4c5ccccc5n(-c5nc(-c6ccc7sc8cc9ccccc9cc8c7c6)c6ccccc6n5)c4cc32)cc1. The fourth-order valence-corrected chi connectivity index (χ4v) is 9.61. The molecular weight excluding hydrogens is 665 g/mol. The Hall–Kier alpha value is -6.82. The third-order valence-corrected chi connectivity index (χ3v) is 12.0. The predicted molar refractivity (Wildman–Crippen MR) is 224 cm³/mol. The van der Waals surface area contributed by atoms with Crippen molar-refractivity contribution in [1.29, 1.82) is 0 Å². The van der Waals surface area contributed by atoms with E-state index in [4.69, 9.17) is 9.97 Å². The van der Waals surface area contributed by atoms with Crippen molar-refractivity contribution in [2.75, 3.05) is 0 Å². The lowest BCUT2D eigenvalue weighted by atomic mass is 10.0. The molecule has 0 N–H and O–H groups in total. The van der Waals surface area contributed by atoms with Gasteiger partial charge in [0.2, 0.25) is 5.95 Å². The lowest BCUT2D eigenvalue weighted by Crippen LogP contribution is -2.03. The molecule has 53 heavy (non-hydrogen) atoms. The quantitative estimate of drug-likeness (QED) is 0.185. The molecule has 0 radical (unpaired) electrons. The van der Waals surface area contributed by atoms with Gasteiger partial charge in [0.15, 0.2) is 0 Å². The zero-order valence-electron chi connectivity index (χ0n) is 28.4. The van der Waals surface area contributed by atoms with Crippen molar-refractivity contribution in [3.8, 4) is 22.9 Å². The monoisotopic (exact) mass is 692 g/mol. The third kappa shape index (κ3) is 4.17. The number of rotatable bonds is 3. The van der Waals surface area contributed by atoms with Crippen LogP contribution in [0.1, 0.15) is 0 Å². The number of hydrogen-bond acceptors (Lipinski definition) is 3. The molecule has 0 bridgehead atoms. The van der Waals surface area contributed by atoms with Gasteiger partial charge >= 0.3 is 0 Å². The molecule has 0 aliphatic carbocycles. The van der Waals surface area contributed by atoms with E-state index in [2.05, 4.69) is 179 Å². The van der Waals surface area contributed by atoms with Gasteiger partial charge in [-0.05, 0) is 77.5 Å². The highest BCUT2D eigenvalue weighted by Crippen LogP contribution is 2.42. The van der Waals surface area contributed by atoms with E-state index in [-0.39, 0.29) is 0 Å². The van der Waals surface area contributed by atoms with Crippen LogP contribution in [0.25, 0.3) is 108 Å². The Kier molecular flexibility index (Phi) is 5.90. The summed E-state index contributed by atoms with van der Waals surface area (Å²) >= 11 is 1.85. The molecule has 0 amide bonds. The van der Waals surface area contributed by atoms with E-state index < -0.39 is 0 Å². The normalized spacial score (nSPS) is 12.2. The van der Waals surface area contributed by atoms with Crippen molar-refractivity contribution in [3.05, 3.63) is 170 Å². The van der Waals surface area contributed by atoms with Gasteiger partial charge in [-0.25, -0.2) is 9.97 Å². The minimum Gasteiger partial charge on any atom is -0.309 e. The number of hydrogen-bond donors (Lipinski definition) is 0. The average Bonchev–Trinajstić information content (AvgIpc) is 3.85. The second kappa shape index (κ2) is 10.8. The maximum atomic E-state index is 5.49. The van der Waals surface area contributed by atoms with Crippen molar-refractivity contribution in [2.24, 2.45) is 0 Å². The van der Waals surface area contributed by atoms with Crippen LogP contribution in [0.15, 0.2) is 170 Å². The fraction of sp³-hybridized carbons (Fsp3) is 0. The highest BCUT2D eigenvalue weighted by Gasteiger charge is 2.21. The van der Waals surface area contributed by atoms with Crippen LogP contribution in [0.4, 0.5) is 0 Å². The molecule has 8 aromatic carbocycles. The molecule has 4 heterocycles. The minimum atomic E-state index is 0.660. The van der Waals surface area contributed by atoms with Crippen LogP contribution in [0.5, 0.6) is 0 Å². The van der Waals surface area contributed by atoms with Crippen LogP contribution in [0.2, 0.25) is 0 Å². The number of benzene rings is 8. The number of thiophene rings is 1. The average molecular weight is 693 g/mol. The van der Waals surface area contributed by atoms with Gasteiger partial charge < -0.3 is 4.57 Å². The van der Waals surface area contributed by atoms with Gasteiger partial charge in [-0.1, -0.05) is 103 Å². The van der Waals surface area contributed by atoms with Crippen LogP contribution < -0.4 is 0 Å². The van der Waals surface area contributed by atoms with E-state index in [0.717, 1.165) is 44.4 Å². The number of nitrogens with zero attached hydrogens (tertiary/aromatic N) is 4. The zero-order chi connectivity index (χ0) is 34.6. The highest BCUT2D eigenvalue weighted by molar-refractivity contribution is 7.25. The van der Waals surface area contributed by atoms with Crippen LogP contribution >= 0.6 is 11.3 Å². The van der Waals surface area contributed by atoms with E-state index >= 15 is 0 Å². The highest BCUT2D eigenvalue weighted by atomic mass is 32.1. The molecule has 0 saturated carbocycles. The Labute approximate surface area is 307 Å². The largest absolute Gasteiger partial charge is 0.309 e. The molecule has 4 aromatic heterocycles. The predicted octanol–water partition coefficient (Wildman–Crippen LogP) is 13.0. The summed E-state index contributed by atoms with van der Waals surface area (Å²) < 4.78 is 7.21. The molecule has 0 atom stereocenters. The van der Waals surface area contributed by atoms with Gasteiger partial charge in [0, 0.05) is 58.4 Å². The van der Waals surface area contributed by atoms with Gasteiger partial charge in [0.05, 0.1) is 33.3 Å². The maximum absolute atomic E-state index is 5.49. The first kappa shape index (κ1) is 28.8. The minimum absolute atomic E-state index is 0.660. The molecule has 0 unspecified atom stereocenters. The van der Waals surface area contributed by atoms with Gasteiger partial charge in [-0.15, -0.1) is 11.3 Å². The summed E-state index contributed by atoms with van der Waals surface area (Å²) in [5.74, 6) is 0.660. The van der Waals surface area contributed by atoms with E-state index in [0.29, 0.717) is 5.95 Å². The summed E-state index contributed by atoms with van der Waals surface area (Å²) in [6, 6.07) is 61.2. The Morgan fingerprint density at radius 2 is 1.00 bits per heavy atom. The Morgan fingerprint density at radius 3 is 1.79 bits per heavy atom. The standard InChI is InChI=1S/C48H28N4S/c1-2-14-32(15-3-1)51-41-20-10-7-16-33(41)36-27-37-34-17-8-11-21-42(34)52(44(37)28-43(36)51)48-49-40-19-9-6-18-35(40)47(50-48)31-22-23-45-38(25-31)39-24-29-12-4-5-13-30(29)26-46(39)53-45/h1-28H. The second-order valence-corrected chi connectivity index (χ2v) is 14.9. The van der Waals surface area contributed by atoms with Gasteiger partial charge in [-0.3, -0.25) is 4.57 Å². The van der Waals surface area contributed by atoms with Gasteiger partial charge in [0.25, 0.3) is 0 Å². The van der Waals surface area contributed by atoms with Crippen LogP contribution in [-0.4, -0.2) is 19.1 Å². The van der Waals surface area contributed by atoms with Crippen molar-refractivity contribution >= 4 is 96.8 Å². The number of aromatic nitrogens is 4. The first-order valence-electron chi connectivity index (χ1n) is 17.9. The van der Waals surface area contributed by atoms with Crippen molar-refractivity contribution in [1.82, 2.24) is 19.1 Å². The van der Waals surface area contributed by atoms with E-state index in [9.17, 15) is 0 Å². The fourth-order valence-electron chi connectivity index (χ4n) is 8.50. The summed E-state index contributed by atoms with van der Waals surface area (Å²) in [5, 5.41) is 10.9. The van der Waals surface area contributed by atoms with Gasteiger partial charge in [-0.2, -0.15) is 0 Å². The Bertz CT molecular complexity index is 3460. The third-order valence-electron chi connectivity index (χ3n) is 10.9. The van der Waals surface area contributed by atoms with E-state index in [1.54, 1.807) is 0 Å². The molecule has 0 aliphatic rings. The summed E-state index contributed by atoms with van der Waals surface area (Å²) in [5.41, 5.74) is 8.55. The molecular formula is C48H28N4S. The Balaban J connectivity index is 1.15. The van der Waals surface area contributed by atoms with Crippen molar-refractivity contribution in [3.63, 3.8) is 0 Å². The lowest BCUT2D eigenvalue weighted by Gasteiger charge is -2.12. The van der Waals surface area contributed by atoms with Crippen molar-refractivity contribution in [2.45, 2.75) is 0 Å². The van der Waals surface area contributed by atoms with Crippen molar-refractivity contribution < 1.29 is 0 Å². The zero-order valence-corrected chi connectivity index (χ0v) is 29.2. The molecule has 0 spiro atoms. The number of fused-ring (bicyclic) bond motifs is 11. The first-order valence-corrected chi connectivity index (χ1v) is 18.7. The van der Waals surface area contributed by atoms with Crippen LogP contribution in [0.3, 0.4) is 0 Å². The molecule has 4 nitrogen and oxygen atoms in total. The summed E-state index contributed by atoms with van der Waals surface area (Å²) in [4.78, 5) is 10.8. The maximum Gasteiger partial charge on any atom is 0.235 e. The summed E-state index contributed by atoms with van der Waals surface area (Å²) in [6.07, 6.45) is 0. The Morgan fingerprint density at radius 1 is 0.377 bits per heavy atom. The molecule has 0 aliphatic heterocycles. The molecule has 12 aromatic rings. The van der Waals surface area contributed by atoms with E-state index in [1.165, 1.54) is 58.0 Å². The molecule has 0 fully saturated rings. The first-order chi connectivity index (χ1) is 26.3. The number of para-hydroxylation sites is 4. The lowest BCUT2D eigenvalue weighted by molar-refractivity contribution is 1.01. The summed E-state index contributed by atoms with van der Waals surface area (Å²) in [6.45, 7) is 0. The second-order valence-electron chi connectivity index (χ2n) is 13.8. The van der Waals surface area contributed by atoms with Crippen LogP contribution in [-0.2, 0) is 0 Å². The topological polar surface area (TPSA) is 35.6 Å². The smallest absolute Gasteiger partial charge is 0.235 e. The van der Waals surface area contributed by atoms with Crippen LogP contribution in [0, 0.1) is 0 Å². The van der Waals surface area contributed by atoms with E-state index in [1.807, 2.05) is 11.3 Å². The van der Waals surface area contributed by atoms with Gasteiger partial charge in [0.1, 0.15) is 0 Å². The molecule has 12 rings (SSSR count). The summed E-state index contributed by atoms with van der Waals surface area (Å²) in [7, 11) is 0.